The molecule has 0 saturated heterocycles. The molecule has 4 aromatic rings. The second-order valence-electron chi connectivity index (χ2n) is 7.05. The molecule has 0 unspecified atom stereocenters. The second-order valence-corrected chi connectivity index (χ2v) is 7.05. The van der Waals surface area contributed by atoms with Crippen molar-refractivity contribution < 1.29 is 0 Å². The zero-order chi connectivity index (χ0) is 20.1. The summed E-state index contributed by atoms with van der Waals surface area (Å²) in [5.41, 5.74) is 13.7. The molecule has 0 bridgehead atoms. The van der Waals surface area contributed by atoms with Crippen molar-refractivity contribution in [3.63, 3.8) is 0 Å². The first-order valence-electron chi connectivity index (χ1n) is 9.62. The molecule has 0 aliphatic carbocycles. The molecule has 3 aromatic carbocycles. The van der Waals surface area contributed by atoms with Crippen molar-refractivity contribution in [2.75, 3.05) is 0 Å². The number of nitrogens with two attached hydrogens (primary N) is 1. The first-order chi connectivity index (χ1) is 14.3. The van der Waals surface area contributed by atoms with E-state index < -0.39 is 0 Å². The lowest BCUT2D eigenvalue weighted by Crippen LogP contribution is -2.08. The highest BCUT2D eigenvalue weighted by Gasteiger charge is 2.09. The average molecular weight is 378 g/mol. The molecule has 0 amide bonds. The Labute approximate surface area is 170 Å². The summed E-state index contributed by atoms with van der Waals surface area (Å²) in [6, 6.07) is 26.7. The predicted molar refractivity (Wildman–Crippen MR) is 115 cm³/mol. The van der Waals surface area contributed by atoms with Crippen LogP contribution in [-0.4, -0.2) is 9.55 Å². The number of aromatic nitrogens is 2. The maximum Gasteiger partial charge on any atom is 0.0991 e. The molecule has 0 fully saturated rings. The monoisotopic (exact) mass is 378 g/mol. The van der Waals surface area contributed by atoms with Crippen LogP contribution in [0.3, 0.4) is 0 Å². The summed E-state index contributed by atoms with van der Waals surface area (Å²) in [6.07, 6.45) is 4.54. The minimum absolute atomic E-state index is 0.496. The third-order valence-corrected chi connectivity index (χ3v) is 5.14. The molecule has 4 heteroatoms. The van der Waals surface area contributed by atoms with E-state index in [9.17, 15) is 0 Å². The van der Waals surface area contributed by atoms with Crippen molar-refractivity contribution >= 4 is 0 Å². The number of imidazole rings is 1. The van der Waals surface area contributed by atoms with Gasteiger partial charge in [0.25, 0.3) is 0 Å². The van der Waals surface area contributed by atoms with E-state index in [2.05, 4.69) is 46.0 Å². The zero-order valence-corrected chi connectivity index (χ0v) is 16.1. The zero-order valence-electron chi connectivity index (χ0n) is 16.1. The van der Waals surface area contributed by atoms with Crippen molar-refractivity contribution in [1.82, 2.24) is 9.55 Å². The van der Waals surface area contributed by atoms with Crippen LogP contribution in [0.15, 0.2) is 85.3 Å². The Morgan fingerprint density at radius 3 is 2.41 bits per heavy atom. The SMILES string of the molecule is N#Cc1ccc(Cc2cncn2Cc2ccc(-c3ccccc3)cc2CN)cc1. The molecule has 4 rings (SSSR count). The maximum absolute atomic E-state index is 8.96. The average Bonchev–Trinajstić information content (AvgIpc) is 3.21. The Kier molecular flexibility index (Phi) is 5.51. The fourth-order valence-corrected chi connectivity index (χ4v) is 3.51. The van der Waals surface area contributed by atoms with Crippen LogP contribution in [0.2, 0.25) is 0 Å². The first kappa shape index (κ1) is 18.7. The van der Waals surface area contributed by atoms with E-state index >= 15 is 0 Å². The fraction of sp³-hybridized carbons (Fsp3) is 0.120. The van der Waals surface area contributed by atoms with E-state index in [1.54, 1.807) is 0 Å². The van der Waals surface area contributed by atoms with Gasteiger partial charge in [-0.25, -0.2) is 4.98 Å². The quantitative estimate of drug-likeness (QED) is 0.536. The molecule has 0 atom stereocenters. The van der Waals surface area contributed by atoms with Gasteiger partial charge < -0.3 is 10.3 Å². The molecule has 1 heterocycles. The van der Waals surface area contributed by atoms with Gasteiger partial charge in [-0.2, -0.15) is 5.26 Å². The summed E-state index contributed by atoms with van der Waals surface area (Å²) in [6.45, 7) is 1.23. The van der Waals surface area contributed by atoms with Gasteiger partial charge in [0, 0.05) is 31.4 Å². The van der Waals surface area contributed by atoms with Gasteiger partial charge in [0.2, 0.25) is 0 Å². The number of rotatable bonds is 6. The van der Waals surface area contributed by atoms with Crippen LogP contribution in [0.25, 0.3) is 11.1 Å². The maximum atomic E-state index is 8.96. The third kappa shape index (κ3) is 4.26. The highest BCUT2D eigenvalue weighted by molar-refractivity contribution is 5.64. The van der Waals surface area contributed by atoms with Crippen LogP contribution >= 0.6 is 0 Å². The molecule has 0 aliphatic heterocycles. The fourth-order valence-electron chi connectivity index (χ4n) is 3.51. The summed E-state index contributed by atoms with van der Waals surface area (Å²) in [7, 11) is 0. The minimum Gasteiger partial charge on any atom is -0.330 e. The Balaban J connectivity index is 1.57. The normalized spacial score (nSPS) is 10.6. The number of hydrogen-bond acceptors (Lipinski definition) is 3. The molecular weight excluding hydrogens is 356 g/mol. The van der Waals surface area contributed by atoms with Gasteiger partial charge in [0.15, 0.2) is 0 Å². The van der Waals surface area contributed by atoms with E-state index in [4.69, 9.17) is 11.0 Å². The largest absolute Gasteiger partial charge is 0.330 e. The van der Waals surface area contributed by atoms with Crippen molar-refractivity contribution in [3.05, 3.63) is 113 Å². The highest BCUT2D eigenvalue weighted by Crippen LogP contribution is 2.23. The summed E-state index contributed by atoms with van der Waals surface area (Å²) in [5, 5.41) is 8.96. The molecule has 1 aromatic heterocycles. The molecule has 0 aliphatic rings. The molecule has 0 spiro atoms. The Bertz CT molecular complexity index is 1140. The van der Waals surface area contributed by atoms with Crippen LogP contribution in [0.4, 0.5) is 0 Å². The topological polar surface area (TPSA) is 67.6 Å². The molecule has 4 nitrogen and oxygen atoms in total. The Morgan fingerprint density at radius 1 is 0.897 bits per heavy atom. The highest BCUT2D eigenvalue weighted by atomic mass is 15.0. The summed E-state index contributed by atoms with van der Waals surface area (Å²) in [5.74, 6) is 0. The van der Waals surface area contributed by atoms with E-state index in [0.29, 0.717) is 12.1 Å². The standard InChI is InChI=1S/C25H22N4/c26-14-20-8-6-19(7-9-20)12-25-16-28-18-29(25)17-23-11-10-22(13-24(23)15-27)21-4-2-1-3-5-21/h1-11,13,16,18H,12,15,17,27H2. The minimum atomic E-state index is 0.496. The lowest BCUT2D eigenvalue weighted by Gasteiger charge is -2.14. The van der Waals surface area contributed by atoms with Crippen molar-refractivity contribution in [2.24, 2.45) is 5.73 Å². The Morgan fingerprint density at radius 2 is 1.69 bits per heavy atom. The van der Waals surface area contributed by atoms with Crippen LogP contribution < -0.4 is 5.73 Å². The third-order valence-electron chi connectivity index (χ3n) is 5.14. The lowest BCUT2D eigenvalue weighted by atomic mass is 9.99. The molecule has 0 radical (unpaired) electrons. The number of benzene rings is 3. The van der Waals surface area contributed by atoms with Crippen LogP contribution in [-0.2, 0) is 19.5 Å². The van der Waals surface area contributed by atoms with Gasteiger partial charge in [0.05, 0.1) is 18.0 Å². The van der Waals surface area contributed by atoms with Crippen molar-refractivity contribution in [1.29, 1.82) is 5.26 Å². The number of nitriles is 1. The van der Waals surface area contributed by atoms with Gasteiger partial charge in [-0.15, -0.1) is 0 Å². The van der Waals surface area contributed by atoms with Gasteiger partial charge >= 0.3 is 0 Å². The van der Waals surface area contributed by atoms with Gasteiger partial charge in [0.1, 0.15) is 0 Å². The van der Waals surface area contributed by atoms with E-state index in [-0.39, 0.29) is 0 Å². The first-order valence-corrected chi connectivity index (χ1v) is 9.62. The van der Waals surface area contributed by atoms with E-state index in [0.717, 1.165) is 29.8 Å². The second kappa shape index (κ2) is 8.55. The van der Waals surface area contributed by atoms with Crippen LogP contribution in [0.5, 0.6) is 0 Å². The van der Waals surface area contributed by atoms with Crippen LogP contribution in [0, 0.1) is 11.3 Å². The summed E-state index contributed by atoms with van der Waals surface area (Å²) >= 11 is 0. The molecule has 0 saturated carbocycles. The summed E-state index contributed by atoms with van der Waals surface area (Å²) in [4.78, 5) is 4.35. The van der Waals surface area contributed by atoms with Gasteiger partial charge in [-0.3, -0.25) is 0 Å². The lowest BCUT2D eigenvalue weighted by molar-refractivity contribution is 0.745. The van der Waals surface area contributed by atoms with Crippen LogP contribution in [0.1, 0.15) is 27.9 Å². The number of hydrogen-bond donors (Lipinski definition) is 1. The Hall–Kier alpha value is -3.68. The molecule has 2 N–H and O–H groups in total. The predicted octanol–water partition coefficient (Wildman–Crippen LogP) is 4.52. The smallest absolute Gasteiger partial charge is 0.0991 e. The molecule has 29 heavy (non-hydrogen) atoms. The molecular formula is C25H22N4. The van der Waals surface area contributed by atoms with Crippen molar-refractivity contribution in [2.45, 2.75) is 19.5 Å². The summed E-state index contributed by atoms with van der Waals surface area (Å²) < 4.78 is 2.16. The van der Waals surface area contributed by atoms with E-state index in [1.807, 2.05) is 55.0 Å². The van der Waals surface area contributed by atoms with Gasteiger partial charge in [-0.1, -0.05) is 54.6 Å². The molecule has 142 valence electrons. The van der Waals surface area contributed by atoms with E-state index in [1.165, 1.54) is 16.7 Å². The van der Waals surface area contributed by atoms with Gasteiger partial charge in [-0.05, 0) is 46.0 Å². The number of nitrogens with zero attached hydrogens (tertiary/aromatic N) is 3. The van der Waals surface area contributed by atoms with Crippen molar-refractivity contribution in [3.8, 4) is 17.2 Å².